The Morgan fingerprint density at radius 2 is 2.00 bits per heavy atom. The van der Waals surface area contributed by atoms with Gasteiger partial charge in [0.25, 0.3) is 0 Å². The third kappa shape index (κ3) is 6.00. The first-order valence-corrected chi connectivity index (χ1v) is 6.55. The average Bonchev–Trinajstić information content (AvgIpc) is 2.34. The maximum absolute atomic E-state index is 11.7. The van der Waals surface area contributed by atoms with Crippen LogP contribution in [0.4, 0.5) is 0 Å². The van der Waals surface area contributed by atoms with Crippen LogP contribution in [-0.4, -0.2) is 48.3 Å². The average molecular weight is 273 g/mol. The van der Waals surface area contributed by atoms with E-state index in [1.165, 1.54) is 0 Å². The zero-order chi connectivity index (χ0) is 14.3. The minimum Gasteiger partial charge on any atom is -0.480 e. The Bertz CT molecular complexity index is 316. The zero-order valence-corrected chi connectivity index (χ0v) is 11.1. The number of aliphatic carboxylic acids is 1. The minimum atomic E-state index is -1.02. The molecular formula is C12H23N3O4. The summed E-state index contributed by atoms with van der Waals surface area (Å²) in [4.78, 5) is 22.2. The summed E-state index contributed by atoms with van der Waals surface area (Å²) in [7, 11) is 0. The molecule has 0 saturated carbocycles. The maximum atomic E-state index is 11.7. The Hall–Kier alpha value is -1.18. The third-order valence-corrected chi connectivity index (χ3v) is 3.33. The molecule has 0 unspecified atom stereocenters. The molecule has 7 heteroatoms. The van der Waals surface area contributed by atoms with Crippen LogP contribution in [0.5, 0.6) is 0 Å². The van der Waals surface area contributed by atoms with Gasteiger partial charge in [-0.2, -0.15) is 0 Å². The lowest BCUT2D eigenvalue weighted by Gasteiger charge is -2.32. The fourth-order valence-corrected chi connectivity index (χ4v) is 2.01. The van der Waals surface area contributed by atoms with E-state index in [0.717, 1.165) is 0 Å². The van der Waals surface area contributed by atoms with E-state index in [2.05, 4.69) is 5.32 Å². The number of carbonyl (C=O) groups is 2. The maximum Gasteiger partial charge on any atom is 0.320 e. The van der Waals surface area contributed by atoms with E-state index in [1.54, 1.807) is 0 Å². The SMILES string of the molecule is N[C@@H](CCCNC(=O)CC1(N)CCOCC1)C(=O)O. The molecule has 1 aliphatic rings. The summed E-state index contributed by atoms with van der Waals surface area (Å²) in [5, 5.41) is 11.3. The first-order valence-electron chi connectivity index (χ1n) is 6.55. The molecule has 0 radical (unpaired) electrons. The van der Waals surface area contributed by atoms with Gasteiger partial charge in [0.1, 0.15) is 6.04 Å². The lowest BCUT2D eigenvalue weighted by molar-refractivity contribution is -0.138. The number of nitrogens with one attached hydrogen (secondary N) is 1. The van der Waals surface area contributed by atoms with Crippen LogP contribution >= 0.6 is 0 Å². The number of carbonyl (C=O) groups excluding carboxylic acids is 1. The first kappa shape index (κ1) is 15.9. The van der Waals surface area contributed by atoms with Gasteiger partial charge in [0.2, 0.25) is 5.91 Å². The fourth-order valence-electron chi connectivity index (χ4n) is 2.01. The van der Waals surface area contributed by atoms with Gasteiger partial charge in [-0.25, -0.2) is 0 Å². The smallest absolute Gasteiger partial charge is 0.320 e. The summed E-state index contributed by atoms with van der Waals surface area (Å²) in [6.45, 7) is 1.61. The molecule has 0 aliphatic carbocycles. The number of amides is 1. The molecule has 0 aromatic heterocycles. The molecule has 1 amide bonds. The summed E-state index contributed by atoms with van der Waals surface area (Å²) in [5.41, 5.74) is 11.0. The molecule has 1 atom stereocenters. The molecular weight excluding hydrogens is 250 g/mol. The predicted molar refractivity (Wildman–Crippen MR) is 69.4 cm³/mol. The van der Waals surface area contributed by atoms with Crippen molar-refractivity contribution in [3.8, 4) is 0 Å². The number of nitrogens with two attached hydrogens (primary N) is 2. The Morgan fingerprint density at radius 1 is 1.37 bits per heavy atom. The van der Waals surface area contributed by atoms with E-state index in [-0.39, 0.29) is 12.3 Å². The number of ether oxygens (including phenoxy) is 1. The van der Waals surface area contributed by atoms with E-state index >= 15 is 0 Å². The Kier molecular flexibility index (Phi) is 6.20. The molecule has 0 aromatic rings. The van der Waals surface area contributed by atoms with Crippen LogP contribution in [0.2, 0.25) is 0 Å². The molecule has 19 heavy (non-hydrogen) atoms. The number of carboxylic acids is 1. The fraction of sp³-hybridized carbons (Fsp3) is 0.833. The first-order chi connectivity index (χ1) is 8.93. The van der Waals surface area contributed by atoms with Crippen molar-refractivity contribution < 1.29 is 19.4 Å². The van der Waals surface area contributed by atoms with E-state index in [0.29, 0.717) is 45.4 Å². The van der Waals surface area contributed by atoms with Gasteiger partial charge in [0.05, 0.1) is 0 Å². The number of hydrogen-bond donors (Lipinski definition) is 4. The van der Waals surface area contributed by atoms with Crippen LogP contribution in [0, 0.1) is 0 Å². The van der Waals surface area contributed by atoms with Crippen LogP contribution in [0.3, 0.4) is 0 Å². The highest BCUT2D eigenvalue weighted by Crippen LogP contribution is 2.21. The number of rotatable bonds is 7. The van der Waals surface area contributed by atoms with E-state index in [9.17, 15) is 9.59 Å². The van der Waals surface area contributed by atoms with Crippen molar-refractivity contribution in [1.82, 2.24) is 5.32 Å². The molecule has 6 N–H and O–H groups in total. The molecule has 110 valence electrons. The highest BCUT2D eigenvalue weighted by Gasteiger charge is 2.30. The van der Waals surface area contributed by atoms with Crippen LogP contribution in [0.25, 0.3) is 0 Å². The van der Waals surface area contributed by atoms with Gasteiger partial charge in [-0.05, 0) is 25.7 Å². The van der Waals surface area contributed by atoms with Gasteiger partial charge in [-0.15, -0.1) is 0 Å². The lowest BCUT2D eigenvalue weighted by atomic mass is 9.87. The molecule has 0 aromatic carbocycles. The van der Waals surface area contributed by atoms with Crippen LogP contribution in [-0.2, 0) is 14.3 Å². The van der Waals surface area contributed by atoms with Gasteiger partial charge in [0, 0.05) is 31.7 Å². The normalized spacial score (nSPS) is 19.7. The summed E-state index contributed by atoms with van der Waals surface area (Å²) in [5.74, 6) is -1.12. The molecule has 1 aliphatic heterocycles. The molecule has 1 heterocycles. The molecule has 0 bridgehead atoms. The monoisotopic (exact) mass is 273 g/mol. The van der Waals surface area contributed by atoms with Crippen LogP contribution in [0.15, 0.2) is 0 Å². The van der Waals surface area contributed by atoms with Gasteiger partial charge in [-0.3, -0.25) is 9.59 Å². The molecule has 1 rings (SSSR count). The molecule has 1 fully saturated rings. The van der Waals surface area contributed by atoms with E-state index in [1.807, 2.05) is 0 Å². The van der Waals surface area contributed by atoms with Crippen LogP contribution in [0.1, 0.15) is 32.1 Å². The van der Waals surface area contributed by atoms with E-state index < -0.39 is 17.6 Å². The highest BCUT2D eigenvalue weighted by molar-refractivity contribution is 5.77. The van der Waals surface area contributed by atoms with Crippen molar-refractivity contribution in [2.24, 2.45) is 11.5 Å². The van der Waals surface area contributed by atoms with Crippen molar-refractivity contribution in [2.45, 2.75) is 43.7 Å². The lowest BCUT2D eigenvalue weighted by Crippen LogP contribution is -2.48. The molecule has 7 nitrogen and oxygen atoms in total. The minimum absolute atomic E-state index is 0.103. The standard InChI is InChI=1S/C12H23N3O4/c13-9(11(17)18)2-1-5-15-10(16)8-12(14)3-6-19-7-4-12/h9H,1-8,13-14H2,(H,15,16)(H,17,18)/t9-/m0/s1. The second kappa shape index (κ2) is 7.42. The van der Waals surface area contributed by atoms with Gasteiger partial charge in [-0.1, -0.05) is 0 Å². The third-order valence-electron chi connectivity index (χ3n) is 3.33. The van der Waals surface area contributed by atoms with Crippen molar-refractivity contribution in [2.75, 3.05) is 19.8 Å². The van der Waals surface area contributed by atoms with Gasteiger partial charge >= 0.3 is 5.97 Å². The zero-order valence-electron chi connectivity index (χ0n) is 11.1. The quantitative estimate of drug-likeness (QED) is 0.449. The number of hydrogen-bond acceptors (Lipinski definition) is 5. The van der Waals surface area contributed by atoms with Crippen molar-refractivity contribution in [3.63, 3.8) is 0 Å². The van der Waals surface area contributed by atoms with Crippen molar-refractivity contribution in [3.05, 3.63) is 0 Å². The Morgan fingerprint density at radius 3 is 2.58 bits per heavy atom. The van der Waals surface area contributed by atoms with Gasteiger partial charge in [0.15, 0.2) is 0 Å². The second-order valence-electron chi connectivity index (χ2n) is 5.09. The summed E-state index contributed by atoms with van der Waals surface area (Å²) < 4.78 is 5.21. The Balaban J connectivity index is 2.15. The van der Waals surface area contributed by atoms with E-state index in [4.69, 9.17) is 21.3 Å². The summed E-state index contributed by atoms with van der Waals surface area (Å²) in [6.07, 6.45) is 2.53. The molecule has 0 spiro atoms. The largest absolute Gasteiger partial charge is 0.480 e. The second-order valence-corrected chi connectivity index (χ2v) is 5.09. The summed E-state index contributed by atoms with van der Waals surface area (Å²) >= 11 is 0. The van der Waals surface area contributed by atoms with Crippen molar-refractivity contribution in [1.29, 1.82) is 0 Å². The highest BCUT2D eigenvalue weighted by atomic mass is 16.5. The van der Waals surface area contributed by atoms with Crippen LogP contribution < -0.4 is 16.8 Å². The predicted octanol–water partition coefficient (Wildman–Crippen LogP) is -0.807. The Labute approximate surface area is 112 Å². The van der Waals surface area contributed by atoms with Crippen molar-refractivity contribution >= 4 is 11.9 Å². The van der Waals surface area contributed by atoms with Gasteiger partial charge < -0.3 is 26.6 Å². The topological polar surface area (TPSA) is 128 Å². The molecule has 1 saturated heterocycles. The number of carboxylic acid groups (broad SMARTS) is 1. The summed E-state index contributed by atoms with van der Waals surface area (Å²) in [6, 6.07) is -0.867.